The monoisotopic (exact) mass is 226 g/mol. The molecular weight excluding hydrogens is 200 g/mol. The van der Waals surface area contributed by atoms with Gasteiger partial charge in [0.2, 0.25) is 0 Å². The first kappa shape index (κ1) is 15.4. The van der Waals surface area contributed by atoms with Gasteiger partial charge in [-0.25, -0.2) is 0 Å². The molecule has 0 spiro atoms. The van der Waals surface area contributed by atoms with E-state index >= 15 is 0 Å². The SMILES string of the molecule is C=C[C@@H](C)[C@@H](O)[C@H](C)[C@H](C)[C@@H](O)[C@@H](C)C=C. The van der Waals surface area contributed by atoms with Crippen molar-refractivity contribution in [2.45, 2.75) is 39.9 Å². The van der Waals surface area contributed by atoms with Gasteiger partial charge in [-0.1, -0.05) is 39.8 Å². The second kappa shape index (κ2) is 6.87. The van der Waals surface area contributed by atoms with Crippen LogP contribution in [0.2, 0.25) is 0 Å². The van der Waals surface area contributed by atoms with Gasteiger partial charge in [-0.05, 0) is 23.7 Å². The van der Waals surface area contributed by atoms with E-state index in [0.717, 1.165) is 0 Å². The zero-order valence-electron chi connectivity index (χ0n) is 10.9. The average molecular weight is 226 g/mol. The Morgan fingerprint density at radius 2 is 1.00 bits per heavy atom. The predicted molar refractivity (Wildman–Crippen MR) is 69.1 cm³/mol. The molecule has 0 bridgehead atoms. The molecule has 0 saturated carbocycles. The molecule has 0 aromatic rings. The third-order valence-electron chi connectivity index (χ3n) is 3.73. The highest BCUT2D eigenvalue weighted by Gasteiger charge is 2.30. The first-order chi connectivity index (χ1) is 7.36. The van der Waals surface area contributed by atoms with Crippen molar-refractivity contribution in [2.24, 2.45) is 23.7 Å². The van der Waals surface area contributed by atoms with Gasteiger partial charge < -0.3 is 10.2 Å². The third kappa shape index (κ3) is 3.76. The summed E-state index contributed by atoms with van der Waals surface area (Å²) < 4.78 is 0. The molecule has 2 N–H and O–H groups in total. The Morgan fingerprint density at radius 3 is 1.19 bits per heavy atom. The van der Waals surface area contributed by atoms with Crippen molar-refractivity contribution in [3.05, 3.63) is 25.3 Å². The van der Waals surface area contributed by atoms with Crippen LogP contribution in [0.5, 0.6) is 0 Å². The highest BCUT2D eigenvalue weighted by atomic mass is 16.3. The molecule has 2 nitrogen and oxygen atoms in total. The van der Waals surface area contributed by atoms with Gasteiger partial charge in [0, 0.05) is 0 Å². The molecule has 0 unspecified atom stereocenters. The maximum absolute atomic E-state index is 10.1. The summed E-state index contributed by atoms with van der Waals surface area (Å²) in [7, 11) is 0. The van der Waals surface area contributed by atoms with Crippen LogP contribution in [0, 0.1) is 23.7 Å². The van der Waals surface area contributed by atoms with Gasteiger partial charge >= 0.3 is 0 Å². The van der Waals surface area contributed by atoms with E-state index in [-0.39, 0.29) is 23.7 Å². The molecule has 0 aliphatic rings. The van der Waals surface area contributed by atoms with Crippen LogP contribution in [-0.4, -0.2) is 22.4 Å². The minimum absolute atomic E-state index is 0.0328. The van der Waals surface area contributed by atoms with Crippen molar-refractivity contribution < 1.29 is 10.2 Å². The number of aliphatic hydroxyl groups is 2. The largest absolute Gasteiger partial charge is 0.392 e. The molecule has 94 valence electrons. The minimum atomic E-state index is -0.459. The second-order valence-electron chi connectivity index (χ2n) is 4.89. The topological polar surface area (TPSA) is 40.5 Å². The zero-order valence-corrected chi connectivity index (χ0v) is 10.9. The minimum Gasteiger partial charge on any atom is -0.392 e. The molecule has 0 saturated heterocycles. The smallest absolute Gasteiger partial charge is 0.0629 e. The Hall–Kier alpha value is -0.600. The number of hydrogen-bond acceptors (Lipinski definition) is 2. The molecular formula is C14H26O2. The molecule has 6 atom stereocenters. The molecule has 0 heterocycles. The summed E-state index contributed by atoms with van der Waals surface area (Å²) in [6, 6.07) is 0. The lowest BCUT2D eigenvalue weighted by Gasteiger charge is -2.32. The Kier molecular flexibility index (Phi) is 6.61. The summed E-state index contributed by atoms with van der Waals surface area (Å²) in [6.07, 6.45) is 2.58. The maximum atomic E-state index is 10.1. The van der Waals surface area contributed by atoms with Crippen LogP contribution < -0.4 is 0 Å². The molecule has 0 aliphatic carbocycles. The molecule has 0 aliphatic heterocycles. The molecule has 0 radical (unpaired) electrons. The fourth-order valence-corrected chi connectivity index (χ4v) is 1.86. The Bertz CT molecular complexity index is 201. The first-order valence-electron chi connectivity index (χ1n) is 5.98. The van der Waals surface area contributed by atoms with Crippen LogP contribution in [0.3, 0.4) is 0 Å². The molecule has 0 fully saturated rings. The lowest BCUT2D eigenvalue weighted by atomic mass is 9.78. The third-order valence-corrected chi connectivity index (χ3v) is 3.73. The molecule has 0 aromatic heterocycles. The zero-order chi connectivity index (χ0) is 12.9. The second-order valence-corrected chi connectivity index (χ2v) is 4.89. The quantitative estimate of drug-likeness (QED) is 0.655. The van der Waals surface area contributed by atoms with E-state index < -0.39 is 12.2 Å². The van der Waals surface area contributed by atoms with E-state index in [1.54, 1.807) is 12.2 Å². The van der Waals surface area contributed by atoms with Crippen LogP contribution >= 0.6 is 0 Å². The number of aliphatic hydroxyl groups excluding tert-OH is 2. The summed E-state index contributed by atoms with van der Waals surface area (Å²) in [5.41, 5.74) is 0. The summed E-state index contributed by atoms with van der Waals surface area (Å²) in [5, 5.41) is 20.1. The van der Waals surface area contributed by atoms with Crippen molar-refractivity contribution in [1.29, 1.82) is 0 Å². The van der Waals surface area contributed by atoms with Gasteiger partial charge in [0.25, 0.3) is 0 Å². The molecule has 16 heavy (non-hydrogen) atoms. The molecule has 0 amide bonds. The van der Waals surface area contributed by atoms with E-state index in [0.29, 0.717) is 0 Å². The molecule has 0 aromatic carbocycles. The van der Waals surface area contributed by atoms with Crippen molar-refractivity contribution in [3.63, 3.8) is 0 Å². The summed E-state index contributed by atoms with van der Waals surface area (Å²) >= 11 is 0. The van der Waals surface area contributed by atoms with Gasteiger partial charge in [0.15, 0.2) is 0 Å². The van der Waals surface area contributed by atoms with Gasteiger partial charge in [-0.3, -0.25) is 0 Å². The van der Waals surface area contributed by atoms with Crippen LogP contribution in [-0.2, 0) is 0 Å². The summed E-state index contributed by atoms with van der Waals surface area (Å²) in [6.45, 7) is 15.2. The lowest BCUT2D eigenvalue weighted by Crippen LogP contribution is -2.37. The summed E-state index contributed by atoms with van der Waals surface area (Å²) in [5.74, 6) is 0.156. The predicted octanol–water partition coefficient (Wildman–Crippen LogP) is 2.62. The number of rotatable bonds is 7. The van der Waals surface area contributed by atoms with Crippen LogP contribution in [0.1, 0.15) is 27.7 Å². The fourth-order valence-electron chi connectivity index (χ4n) is 1.86. The normalized spacial score (nSPS) is 22.6. The van der Waals surface area contributed by atoms with E-state index in [9.17, 15) is 10.2 Å². The van der Waals surface area contributed by atoms with Gasteiger partial charge in [0.1, 0.15) is 0 Å². The van der Waals surface area contributed by atoms with Gasteiger partial charge in [-0.15, -0.1) is 13.2 Å². The van der Waals surface area contributed by atoms with Gasteiger partial charge in [-0.2, -0.15) is 0 Å². The highest BCUT2D eigenvalue weighted by molar-refractivity contribution is 4.90. The van der Waals surface area contributed by atoms with Gasteiger partial charge in [0.05, 0.1) is 12.2 Å². The molecule has 2 heteroatoms. The highest BCUT2D eigenvalue weighted by Crippen LogP contribution is 2.27. The van der Waals surface area contributed by atoms with Crippen LogP contribution in [0.15, 0.2) is 25.3 Å². The Morgan fingerprint density at radius 1 is 0.750 bits per heavy atom. The Balaban J connectivity index is 4.53. The van der Waals surface area contributed by atoms with Crippen LogP contribution in [0.25, 0.3) is 0 Å². The van der Waals surface area contributed by atoms with Crippen molar-refractivity contribution in [2.75, 3.05) is 0 Å². The molecule has 0 rings (SSSR count). The first-order valence-corrected chi connectivity index (χ1v) is 5.98. The fraction of sp³-hybridized carbons (Fsp3) is 0.714. The Labute approximate surface area is 99.7 Å². The van der Waals surface area contributed by atoms with E-state index in [1.807, 2.05) is 27.7 Å². The summed E-state index contributed by atoms with van der Waals surface area (Å²) in [4.78, 5) is 0. The van der Waals surface area contributed by atoms with Crippen LogP contribution in [0.4, 0.5) is 0 Å². The van der Waals surface area contributed by atoms with Crippen molar-refractivity contribution in [3.8, 4) is 0 Å². The van der Waals surface area contributed by atoms with E-state index in [1.165, 1.54) is 0 Å². The van der Waals surface area contributed by atoms with Crippen molar-refractivity contribution in [1.82, 2.24) is 0 Å². The standard InChI is InChI=1S/C14H26O2/c1-7-9(3)13(15)11(5)12(6)14(16)10(4)8-2/h7-16H,1-2H2,3-6H3/t9-,10+,11-,12+,13-,14+. The van der Waals surface area contributed by atoms with E-state index in [4.69, 9.17) is 0 Å². The maximum Gasteiger partial charge on any atom is 0.0629 e. The van der Waals surface area contributed by atoms with E-state index in [2.05, 4.69) is 13.2 Å². The number of hydrogen-bond donors (Lipinski definition) is 2. The van der Waals surface area contributed by atoms with Crippen molar-refractivity contribution >= 4 is 0 Å². The lowest BCUT2D eigenvalue weighted by molar-refractivity contribution is -0.00571. The average Bonchev–Trinajstić information content (AvgIpc) is 2.32.